The quantitative estimate of drug-likeness (QED) is 0.679. The van der Waals surface area contributed by atoms with Gasteiger partial charge in [-0.3, -0.25) is 4.79 Å². The van der Waals surface area contributed by atoms with Crippen molar-refractivity contribution in [2.24, 2.45) is 0 Å². The third kappa shape index (κ3) is 2.93. The molecule has 0 aromatic heterocycles. The van der Waals surface area contributed by atoms with Crippen molar-refractivity contribution in [3.05, 3.63) is 26.7 Å². The van der Waals surface area contributed by atoms with Crippen LogP contribution in [0.15, 0.2) is 4.47 Å². The Bertz CT molecular complexity index is 461. The molecule has 0 heterocycles. The molecule has 1 aromatic rings. The molecule has 0 saturated carbocycles. The highest BCUT2D eigenvalue weighted by Gasteiger charge is 2.16. The van der Waals surface area contributed by atoms with E-state index < -0.39 is 5.37 Å². The monoisotopic (exact) mass is 319 g/mol. The van der Waals surface area contributed by atoms with Crippen LogP contribution in [-0.4, -0.2) is 12.5 Å². The average molecular weight is 321 g/mol. The highest BCUT2D eigenvalue weighted by atomic mass is 79.9. The van der Waals surface area contributed by atoms with E-state index in [2.05, 4.69) is 21.2 Å². The molecule has 0 aliphatic carbocycles. The fraction of sp³-hybridized carbons (Fsp3) is 0.417. The number of carbonyl (C=O) groups is 1. The van der Waals surface area contributed by atoms with Crippen LogP contribution in [0.2, 0.25) is 0 Å². The molecule has 0 bridgehead atoms. The van der Waals surface area contributed by atoms with Gasteiger partial charge in [0.15, 0.2) is 0 Å². The average Bonchev–Trinajstić information content (AvgIpc) is 2.29. The second kappa shape index (κ2) is 5.74. The molecular weight excluding hydrogens is 305 g/mol. The third-order valence-corrected chi connectivity index (χ3v) is 4.22. The molecule has 3 nitrogen and oxygen atoms in total. The molecule has 1 rings (SSSR count). The van der Waals surface area contributed by atoms with E-state index in [9.17, 15) is 4.79 Å². The Labute approximate surface area is 115 Å². The standard InChI is InChI=1S/C12H15BrClNO2/c1-6-7(2)11(17-4)9(5-15-12(14)16)8(3)10(6)13/h5H2,1-4H3,(H,15,16). The number of benzene rings is 1. The summed E-state index contributed by atoms with van der Waals surface area (Å²) in [6.45, 7) is 6.36. The van der Waals surface area contributed by atoms with Crippen LogP contribution >= 0.6 is 27.5 Å². The second-order valence-corrected chi connectivity index (χ2v) is 4.96. The van der Waals surface area contributed by atoms with Crippen molar-refractivity contribution >= 4 is 32.9 Å². The molecular formula is C12H15BrClNO2. The molecule has 1 N–H and O–H groups in total. The molecule has 0 aliphatic rings. The minimum atomic E-state index is -0.569. The Morgan fingerprint density at radius 2 is 1.88 bits per heavy atom. The van der Waals surface area contributed by atoms with E-state index in [0.29, 0.717) is 6.54 Å². The summed E-state index contributed by atoms with van der Waals surface area (Å²) in [7, 11) is 1.63. The molecule has 1 amide bonds. The van der Waals surface area contributed by atoms with E-state index in [1.807, 2.05) is 20.8 Å². The Hall–Kier alpha value is -0.740. The molecule has 5 heteroatoms. The Kier molecular flexibility index (Phi) is 4.83. The van der Waals surface area contributed by atoms with E-state index in [1.165, 1.54) is 0 Å². The van der Waals surface area contributed by atoms with Gasteiger partial charge in [-0.2, -0.15) is 0 Å². The molecule has 0 fully saturated rings. The van der Waals surface area contributed by atoms with Gasteiger partial charge in [-0.1, -0.05) is 15.9 Å². The minimum absolute atomic E-state index is 0.358. The number of amides is 1. The number of carbonyl (C=O) groups excluding carboxylic acids is 1. The van der Waals surface area contributed by atoms with Gasteiger partial charge in [0.25, 0.3) is 0 Å². The zero-order valence-corrected chi connectivity index (χ0v) is 12.6. The molecule has 17 heavy (non-hydrogen) atoms. The fourth-order valence-electron chi connectivity index (χ4n) is 1.79. The van der Waals surface area contributed by atoms with Crippen LogP contribution < -0.4 is 10.1 Å². The van der Waals surface area contributed by atoms with E-state index in [-0.39, 0.29) is 0 Å². The molecule has 0 atom stereocenters. The van der Waals surface area contributed by atoms with E-state index in [4.69, 9.17) is 16.3 Å². The first-order valence-electron chi connectivity index (χ1n) is 5.15. The van der Waals surface area contributed by atoms with Gasteiger partial charge < -0.3 is 10.1 Å². The van der Waals surface area contributed by atoms with Crippen molar-refractivity contribution in [1.29, 1.82) is 0 Å². The van der Waals surface area contributed by atoms with Gasteiger partial charge in [-0.05, 0) is 49.1 Å². The molecule has 94 valence electrons. The Morgan fingerprint density at radius 1 is 1.29 bits per heavy atom. The van der Waals surface area contributed by atoms with Crippen molar-refractivity contribution in [3.63, 3.8) is 0 Å². The summed E-state index contributed by atoms with van der Waals surface area (Å²) in [5, 5.41) is 2.01. The SMILES string of the molecule is COc1c(C)c(C)c(Br)c(C)c1CNC(=O)Cl. The van der Waals surface area contributed by atoms with Gasteiger partial charge in [0.1, 0.15) is 5.75 Å². The van der Waals surface area contributed by atoms with Crippen LogP contribution in [0.25, 0.3) is 0 Å². The maximum atomic E-state index is 10.8. The zero-order valence-electron chi connectivity index (χ0n) is 10.3. The highest BCUT2D eigenvalue weighted by Crippen LogP contribution is 2.35. The summed E-state index contributed by atoms with van der Waals surface area (Å²) >= 11 is 8.83. The lowest BCUT2D eigenvalue weighted by atomic mass is 9.99. The lowest BCUT2D eigenvalue weighted by Gasteiger charge is -2.18. The minimum Gasteiger partial charge on any atom is -0.496 e. The largest absolute Gasteiger partial charge is 0.496 e. The zero-order chi connectivity index (χ0) is 13.2. The number of nitrogens with one attached hydrogen (secondary N) is 1. The molecule has 0 unspecified atom stereocenters. The van der Waals surface area contributed by atoms with Crippen molar-refractivity contribution in [3.8, 4) is 5.75 Å². The van der Waals surface area contributed by atoms with Crippen molar-refractivity contribution in [2.45, 2.75) is 27.3 Å². The topological polar surface area (TPSA) is 38.3 Å². The molecule has 1 aromatic carbocycles. The van der Waals surface area contributed by atoms with Crippen molar-refractivity contribution in [1.82, 2.24) is 5.32 Å². The van der Waals surface area contributed by atoms with Crippen molar-refractivity contribution < 1.29 is 9.53 Å². The number of hydrogen-bond donors (Lipinski definition) is 1. The van der Waals surface area contributed by atoms with Gasteiger partial charge in [0.05, 0.1) is 7.11 Å². The first-order chi connectivity index (χ1) is 7.90. The van der Waals surface area contributed by atoms with Crippen LogP contribution in [0, 0.1) is 20.8 Å². The molecule has 0 saturated heterocycles. The fourth-order valence-corrected chi connectivity index (χ4v) is 2.40. The number of hydrogen-bond acceptors (Lipinski definition) is 2. The van der Waals surface area contributed by atoms with Gasteiger partial charge in [-0.25, -0.2) is 0 Å². The number of rotatable bonds is 3. The van der Waals surface area contributed by atoms with E-state index in [1.54, 1.807) is 7.11 Å². The summed E-state index contributed by atoms with van der Waals surface area (Å²) in [5.74, 6) is 0.800. The van der Waals surface area contributed by atoms with Crippen LogP contribution in [0.3, 0.4) is 0 Å². The van der Waals surface area contributed by atoms with Gasteiger partial charge in [0, 0.05) is 16.6 Å². The first kappa shape index (κ1) is 14.3. The summed E-state index contributed by atoms with van der Waals surface area (Å²) < 4.78 is 6.45. The van der Waals surface area contributed by atoms with Crippen LogP contribution in [0.5, 0.6) is 5.75 Å². The summed E-state index contributed by atoms with van der Waals surface area (Å²) in [5.41, 5.74) is 4.19. The van der Waals surface area contributed by atoms with Crippen LogP contribution in [0.1, 0.15) is 22.3 Å². The predicted octanol–water partition coefficient (Wildman–Crippen LogP) is 3.83. The maximum Gasteiger partial charge on any atom is 0.314 e. The summed E-state index contributed by atoms with van der Waals surface area (Å²) in [6, 6.07) is 0. The smallest absolute Gasteiger partial charge is 0.314 e. The Morgan fingerprint density at radius 3 is 2.35 bits per heavy atom. The maximum absolute atomic E-state index is 10.8. The Balaban J connectivity index is 3.31. The highest BCUT2D eigenvalue weighted by molar-refractivity contribution is 9.10. The third-order valence-electron chi connectivity index (χ3n) is 2.90. The van der Waals surface area contributed by atoms with E-state index in [0.717, 1.165) is 32.5 Å². The second-order valence-electron chi connectivity index (χ2n) is 3.83. The summed E-state index contributed by atoms with van der Waals surface area (Å²) in [4.78, 5) is 10.8. The lowest BCUT2D eigenvalue weighted by molar-refractivity contribution is 0.259. The van der Waals surface area contributed by atoms with Crippen molar-refractivity contribution in [2.75, 3.05) is 7.11 Å². The predicted molar refractivity (Wildman–Crippen MR) is 73.0 cm³/mol. The molecule has 0 aliphatic heterocycles. The summed E-state index contributed by atoms with van der Waals surface area (Å²) in [6.07, 6.45) is 0. The van der Waals surface area contributed by atoms with Gasteiger partial charge in [0.2, 0.25) is 0 Å². The van der Waals surface area contributed by atoms with Crippen LogP contribution in [0.4, 0.5) is 4.79 Å². The number of halogens is 2. The molecule has 0 spiro atoms. The normalized spacial score (nSPS) is 10.2. The number of methoxy groups -OCH3 is 1. The van der Waals surface area contributed by atoms with E-state index >= 15 is 0 Å². The lowest BCUT2D eigenvalue weighted by Crippen LogP contribution is -2.17. The molecule has 0 radical (unpaired) electrons. The first-order valence-corrected chi connectivity index (χ1v) is 6.32. The van der Waals surface area contributed by atoms with Gasteiger partial charge >= 0.3 is 5.37 Å². The van der Waals surface area contributed by atoms with Gasteiger partial charge in [-0.15, -0.1) is 0 Å². The number of ether oxygens (including phenoxy) is 1. The van der Waals surface area contributed by atoms with Crippen LogP contribution in [-0.2, 0) is 6.54 Å².